The van der Waals surface area contributed by atoms with Gasteiger partial charge in [0.2, 0.25) is 11.7 Å². The van der Waals surface area contributed by atoms with E-state index in [2.05, 4.69) is 15.5 Å². The van der Waals surface area contributed by atoms with Gasteiger partial charge in [0.15, 0.2) is 11.5 Å². The molecule has 1 aromatic carbocycles. The van der Waals surface area contributed by atoms with Crippen molar-refractivity contribution in [2.75, 3.05) is 27.3 Å². The molecule has 118 valence electrons. The highest BCUT2D eigenvalue weighted by atomic mass is 16.5. The van der Waals surface area contributed by atoms with Crippen LogP contribution in [0.25, 0.3) is 11.4 Å². The van der Waals surface area contributed by atoms with Crippen molar-refractivity contribution in [1.29, 1.82) is 0 Å². The molecule has 0 radical (unpaired) electrons. The third-order valence-corrected chi connectivity index (χ3v) is 4.03. The molecule has 0 saturated carbocycles. The molecule has 1 N–H and O–H groups in total. The normalized spacial score (nSPS) is 15.7. The second-order valence-electron chi connectivity index (χ2n) is 5.48. The quantitative estimate of drug-likeness (QED) is 0.914. The third-order valence-electron chi connectivity index (χ3n) is 4.03. The number of aromatic nitrogens is 2. The smallest absolute Gasteiger partial charge is 0.227 e. The van der Waals surface area contributed by atoms with Gasteiger partial charge >= 0.3 is 0 Å². The Morgan fingerprint density at radius 3 is 2.68 bits per heavy atom. The molecule has 1 aliphatic heterocycles. The Kier molecular flexibility index (Phi) is 4.58. The van der Waals surface area contributed by atoms with Crippen molar-refractivity contribution in [3.63, 3.8) is 0 Å². The first-order valence-corrected chi connectivity index (χ1v) is 7.56. The Morgan fingerprint density at radius 2 is 1.95 bits per heavy atom. The highest BCUT2D eigenvalue weighted by molar-refractivity contribution is 5.60. The topological polar surface area (TPSA) is 69.4 Å². The number of hydrogen-bond acceptors (Lipinski definition) is 6. The fourth-order valence-electron chi connectivity index (χ4n) is 2.76. The van der Waals surface area contributed by atoms with Crippen LogP contribution in [0.3, 0.4) is 0 Å². The van der Waals surface area contributed by atoms with Gasteiger partial charge < -0.3 is 19.3 Å². The second kappa shape index (κ2) is 6.79. The molecular weight excluding hydrogens is 282 g/mol. The van der Waals surface area contributed by atoms with Gasteiger partial charge in [0, 0.05) is 12.0 Å². The van der Waals surface area contributed by atoms with Crippen LogP contribution in [-0.4, -0.2) is 37.4 Å². The van der Waals surface area contributed by atoms with Gasteiger partial charge in [0.25, 0.3) is 0 Å². The van der Waals surface area contributed by atoms with E-state index in [0.717, 1.165) is 37.9 Å². The van der Waals surface area contributed by atoms with Crippen LogP contribution in [0, 0.1) is 5.92 Å². The lowest BCUT2D eigenvalue weighted by atomic mass is 9.95. The predicted molar refractivity (Wildman–Crippen MR) is 82.1 cm³/mol. The molecule has 0 aliphatic carbocycles. The Morgan fingerprint density at radius 1 is 1.18 bits per heavy atom. The summed E-state index contributed by atoms with van der Waals surface area (Å²) in [4.78, 5) is 4.51. The molecule has 0 bridgehead atoms. The molecule has 1 saturated heterocycles. The SMILES string of the molecule is COc1ccc(-c2noc(CC3CCNCC3)n2)cc1OC. The van der Waals surface area contributed by atoms with Crippen molar-refractivity contribution in [2.45, 2.75) is 19.3 Å². The minimum atomic E-state index is 0.588. The van der Waals surface area contributed by atoms with Gasteiger partial charge in [0.05, 0.1) is 14.2 Å². The van der Waals surface area contributed by atoms with Gasteiger partial charge in [-0.05, 0) is 50.0 Å². The molecule has 1 aliphatic rings. The van der Waals surface area contributed by atoms with Gasteiger partial charge in [0.1, 0.15) is 0 Å². The zero-order chi connectivity index (χ0) is 15.4. The van der Waals surface area contributed by atoms with Crippen molar-refractivity contribution in [3.8, 4) is 22.9 Å². The maximum atomic E-state index is 5.40. The van der Waals surface area contributed by atoms with Gasteiger partial charge in [-0.15, -0.1) is 0 Å². The number of methoxy groups -OCH3 is 2. The molecule has 22 heavy (non-hydrogen) atoms. The number of benzene rings is 1. The summed E-state index contributed by atoms with van der Waals surface area (Å²) in [5.41, 5.74) is 0.859. The summed E-state index contributed by atoms with van der Waals surface area (Å²) >= 11 is 0. The minimum absolute atomic E-state index is 0.588. The Bertz CT molecular complexity index is 621. The van der Waals surface area contributed by atoms with E-state index in [1.165, 1.54) is 0 Å². The first-order valence-electron chi connectivity index (χ1n) is 7.56. The van der Waals surface area contributed by atoms with E-state index < -0.39 is 0 Å². The Balaban J connectivity index is 1.75. The number of ether oxygens (including phenoxy) is 2. The molecule has 2 aromatic rings. The van der Waals surface area contributed by atoms with Gasteiger partial charge in [-0.3, -0.25) is 0 Å². The lowest BCUT2D eigenvalue weighted by molar-refractivity contribution is 0.313. The van der Waals surface area contributed by atoms with E-state index in [1.54, 1.807) is 14.2 Å². The minimum Gasteiger partial charge on any atom is -0.493 e. The maximum Gasteiger partial charge on any atom is 0.227 e. The van der Waals surface area contributed by atoms with Crippen molar-refractivity contribution in [1.82, 2.24) is 15.5 Å². The van der Waals surface area contributed by atoms with Crippen molar-refractivity contribution < 1.29 is 14.0 Å². The summed E-state index contributed by atoms with van der Waals surface area (Å²) in [5.74, 6) is 3.26. The van der Waals surface area contributed by atoms with Crippen LogP contribution in [0.4, 0.5) is 0 Å². The first kappa shape index (κ1) is 14.8. The van der Waals surface area contributed by atoms with Gasteiger partial charge in [-0.1, -0.05) is 5.16 Å². The molecule has 0 atom stereocenters. The van der Waals surface area contributed by atoms with Crippen LogP contribution in [0.15, 0.2) is 22.7 Å². The van der Waals surface area contributed by atoms with Gasteiger partial charge in [-0.2, -0.15) is 4.98 Å². The van der Waals surface area contributed by atoms with Gasteiger partial charge in [-0.25, -0.2) is 0 Å². The van der Waals surface area contributed by atoms with Crippen LogP contribution in [-0.2, 0) is 6.42 Å². The van der Waals surface area contributed by atoms with E-state index in [-0.39, 0.29) is 0 Å². The average Bonchev–Trinajstić information content (AvgIpc) is 3.03. The fourth-order valence-corrected chi connectivity index (χ4v) is 2.76. The van der Waals surface area contributed by atoms with Crippen LogP contribution in [0.5, 0.6) is 11.5 Å². The van der Waals surface area contributed by atoms with Crippen LogP contribution < -0.4 is 14.8 Å². The molecule has 6 nitrogen and oxygen atoms in total. The van der Waals surface area contributed by atoms with E-state index in [1.807, 2.05) is 18.2 Å². The average molecular weight is 303 g/mol. The number of nitrogens with zero attached hydrogens (tertiary/aromatic N) is 2. The van der Waals surface area contributed by atoms with Crippen LogP contribution >= 0.6 is 0 Å². The molecular formula is C16H21N3O3. The molecule has 1 aromatic heterocycles. The lowest BCUT2D eigenvalue weighted by Gasteiger charge is -2.20. The van der Waals surface area contributed by atoms with E-state index >= 15 is 0 Å². The molecule has 0 spiro atoms. The monoisotopic (exact) mass is 303 g/mol. The summed E-state index contributed by atoms with van der Waals surface area (Å²) < 4.78 is 15.9. The highest BCUT2D eigenvalue weighted by Crippen LogP contribution is 2.31. The molecule has 2 heterocycles. The Hall–Kier alpha value is -2.08. The standard InChI is InChI=1S/C16H21N3O3/c1-20-13-4-3-12(10-14(13)21-2)16-18-15(22-19-16)9-11-5-7-17-8-6-11/h3-4,10-11,17H,5-9H2,1-2H3. The Labute approximate surface area is 129 Å². The zero-order valence-corrected chi connectivity index (χ0v) is 13.0. The highest BCUT2D eigenvalue weighted by Gasteiger charge is 2.18. The summed E-state index contributed by atoms with van der Waals surface area (Å²) in [5, 5.41) is 7.45. The van der Waals surface area contributed by atoms with Crippen LogP contribution in [0.1, 0.15) is 18.7 Å². The van der Waals surface area contributed by atoms with E-state index in [4.69, 9.17) is 14.0 Å². The summed E-state index contributed by atoms with van der Waals surface area (Å²) in [6.45, 7) is 2.14. The maximum absolute atomic E-state index is 5.40. The zero-order valence-electron chi connectivity index (χ0n) is 13.0. The van der Waals surface area contributed by atoms with E-state index in [9.17, 15) is 0 Å². The second-order valence-corrected chi connectivity index (χ2v) is 5.48. The van der Waals surface area contributed by atoms with E-state index in [0.29, 0.717) is 29.1 Å². The third kappa shape index (κ3) is 3.22. The molecule has 6 heteroatoms. The predicted octanol–water partition coefficient (Wildman–Crippen LogP) is 2.30. The molecule has 0 unspecified atom stereocenters. The number of nitrogens with one attached hydrogen (secondary N) is 1. The molecule has 3 rings (SSSR count). The fraction of sp³-hybridized carbons (Fsp3) is 0.500. The van der Waals surface area contributed by atoms with Crippen molar-refractivity contribution in [2.24, 2.45) is 5.92 Å². The van der Waals surface area contributed by atoms with Crippen LogP contribution in [0.2, 0.25) is 0 Å². The first-order chi connectivity index (χ1) is 10.8. The van der Waals surface area contributed by atoms with Crippen molar-refractivity contribution in [3.05, 3.63) is 24.1 Å². The molecule has 1 fully saturated rings. The summed E-state index contributed by atoms with van der Waals surface area (Å²) in [6, 6.07) is 5.61. The summed E-state index contributed by atoms with van der Waals surface area (Å²) in [6.07, 6.45) is 3.17. The number of piperidine rings is 1. The number of rotatable bonds is 5. The van der Waals surface area contributed by atoms with Crippen molar-refractivity contribution >= 4 is 0 Å². The summed E-state index contributed by atoms with van der Waals surface area (Å²) in [7, 11) is 3.23. The molecule has 0 amide bonds. The lowest BCUT2D eigenvalue weighted by Crippen LogP contribution is -2.28. The number of hydrogen-bond donors (Lipinski definition) is 1. The largest absolute Gasteiger partial charge is 0.493 e.